The molecule has 0 amide bonds. The van der Waals surface area contributed by atoms with Crippen molar-refractivity contribution in [3.05, 3.63) is 0 Å². The van der Waals surface area contributed by atoms with Crippen LogP contribution in [0.2, 0.25) is 0 Å². The standard InChI is InChI=1S/C38H73N3O5S.C34H65N3O5S/c1-27(2)35(46-47(43,44)45)16-13-28(3)31-14-15-32-36-33(18-20-38(31,32)5)37(4)19-17-30(25-29(37)26-34(36)42)41-24-12-23-40-22-11-9-7-6-8-10-21-39;1-23(2)31(42-43(39,40)41)12-9-24(3)27-10-11-28-32-29(14-16-34(27,28)5)33(4)15-13-26(21-25(33)22-30(32)38)37-20-8-19-36-18-7-6-17-35/h27-36,40-42H,6-26,39H2,1-5H3,(H,43,44,45);23-32,36-38H,6-22,35H2,1-5H3,(H,39,40,41)/t28-,29-,30+,31?,32?,33?,34-,35?,36?,37+,38-;24-,25-,26+,27?,28?,29?,30-,31?,32?,33+,34-/m11/s1. The molecule has 8 aliphatic carbocycles. The second-order valence-electron chi connectivity index (χ2n) is 33.2. The van der Waals surface area contributed by atoms with Crippen molar-refractivity contribution in [1.29, 1.82) is 0 Å². The molecule has 8 fully saturated rings. The Morgan fingerprint density at radius 3 is 1.17 bits per heavy atom. The number of aliphatic hydroxyl groups is 2. The van der Waals surface area contributed by atoms with Crippen LogP contribution in [0.15, 0.2) is 0 Å². The maximum Gasteiger partial charge on any atom is 0.397 e. The molecule has 8 aliphatic rings. The van der Waals surface area contributed by atoms with Crippen molar-refractivity contribution in [3.63, 3.8) is 0 Å². The van der Waals surface area contributed by atoms with E-state index in [9.17, 15) is 36.2 Å². The molecule has 528 valence electrons. The molecule has 0 spiro atoms. The Labute approximate surface area is 550 Å². The first-order valence-electron chi connectivity index (χ1n) is 37.6. The summed E-state index contributed by atoms with van der Waals surface area (Å²) in [6, 6.07) is 1.15. The van der Waals surface area contributed by atoms with Gasteiger partial charge in [0.1, 0.15) is 0 Å². The highest BCUT2D eigenvalue weighted by atomic mass is 32.3. The summed E-state index contributed by atoms with van der Waals surface area (Å²) in [5, 5.41) is 38.6. The minimum atomic E-state index is -4.46. The van der Waals surface area contributed by atoms with Gasteiger partial charge in [0.25, 0.3) is 0 Å². The molecule has 0 heterocycles. The van der Waals surface area contributed by atoms with Gasteiger partial charge in [0.15, 0.2) is 0 Å². The zero-order valence-electron chi connectivity index (χ0n) is 58.6. The minimum Gasteiger partial charge on any atom is -0.393 e. The Balaban J connectivity index is 0.000000257. The van der Waals surface area contributed by atoms with Gasteiger partial charge in [-0.2, -0.15) is 16.8 Å². The van der Waals surface area contributed by atoms with Gasteiger partial charge in [0.2, 0.25) is 0 Å². The summed E-state index contributed by atoms with van der Waals surface area (Å²) < 4.78 is 74.3. The average molecular weight is 1310 g/mol. The molecule has 0 bridgehead atoms. The number of rotatable bonds is 36. The summed E-state index contributed by atoms with van der Waals surface area (Å²) in [5.74, 6) is 6.44. The number of hydrogen-bond donors (Lipinski definition) is 10. The minimum absolute atomic E-state index is 0.0152. The van der Waals surface area contributed by atoms with Gasteiger partial charge in [-0.1, -0.05) is 94.9 Å². The molecule has 90 heavy (non-hydrogen) atoms. The van der Waals surface area contributed by atoms with Crippen molar-refractivity contribution < 1.29 is 44.5 Å². The fraction of sp³-hybridized carbons (Fsp3) is 1.00. The quantitative estimate of drug-likeness (QED) is 0.0206. The predicted molar refractivity (Wildman–Crippen MR) is 366 cm³/mol. The highest BCUT2D eigenvalue weighted by Crippen LogP contribution is 2.70. The molecule has 12 N–H and O–H groups in total. The van der Waals surface area contributed by atoms with Crippen molar-refractivity contribution in [2.45, 2.75) is 298 Å². The Morgan fingerprint density at radius 2 is 0.778 bits per heavy atom. The normalized spacial score (nSPS) is 38.0. The second kappa shape index (κ2) is 34.8. The van der Waals surface area contributed by atoms with Gasteiger partial charge in [-0.05, 0) is 324 Å². The summed E-state index contributed by atoms with van der Waals surface area (Å²) in [5.41, 5.74) is 12.3. The maximum atomic E-state index is 11.8. The zero-order valence-corrected chi connectivity index (χ0v) is 60.3. The Morgan fingerprint density at radius 1 is 0.433 bits per heavy atom. The molecule has 22 atom stereocenters. The van der Waals surface area contributed by atoms with E-state index in [0.29, 0.717) is 107 Å². The Hall–Kier alpha value is -0.580. The lowest BCUT2D eigenvalue weighted by Crippen LogP contribution is -2.59. The molecule has 0 aromatic heterocycles. The van der Waals surface area contributed by atoms with Gasteiger partial charge >= 0.3 is 20.8 Å². The Kier molecular flexibility index (Phi) is 29.7. The topological polar surface area (TPSA) is 268 Å². The first-order chi connectivity index (χ1) is 42.6. The summed E-state index contributed by atoms with van der Waals surface area (Å²) in [6.07, 6.45) is 33.0. The van der Waals surface area contributed by atoms with Crippen LogP contribution in [0.1, 0.15) is 262 Å². The van der Waals surface area contributed by atoms with Crippen LogP contribution in [-0.2, 0) is 29.2 Å². The lowest BCUT2D eigenvalue weighted by molar-refractivity contribution is -0.167. The van der Waals surface area contributed by atoms with Crippen LogP contribution in [0.4, 0.5) is 0 Å². The zero-order chi connectivity index (χ0) is 65.7. The number of unbranched alkanes of at least 4 members (excludes halogenated alkanes) is 6. The number of nitrogens with one attached hydrogen (secondary N) is 4. The molecular weight excluding hydrogens is 1170 g/mol. The van der Waals surface area contributed by atoms with E-state index >= 15 is 0 Å². The van der Waals surface area contributed by atoms with Crippen molar-refractivity contribution in [2.75, 3.05) is 52.4 Å². The second-order valence-corrected chi connectivity index (χ2v) is 35.3. The molecule has 0 aromatic carbocycles. The van der Waals surface area contributed by atoms with Crippen molar-refractivity contribution in [2.24, 2.45) is 116 Å². The largest absolute Gasteiger partial charge is 0.397 e. The first kappa shape index (κ1) is 76.8. The van der Waals surface area contributed by atoms with Crippen molar-refractivity contribution >= 4 is 20.8 Å². The highest BCUT2D eigenvalue weighted by molar-refractivity contribution is 7.81. The molecule has 0 saturated heterocycles. The molecule has 10 unspecified atom stereocenters. The van der Waals surface area contributed by atoms with E-state index in [1.807, 2.05) is 27.7 Å². The number of nitrogens with two attached hydrogens (primary N) is 2. The van der Waals surface area contributed by atoms with Crippen LogP contribution in [0, 0.1) is 105 Å². The molecule has 8 saturated carbocycles. The van der Waals surface area contributed by atoms with Crippen LogP contribution >= 0.6 is 0 Å². The smallest absolute Gasteiger partial charge is 0.393 e. The maximum absolute atomic E-state index is 11.8. The third-order valence-corrected chi connectivity index (χ3v) is 28.2. The lowest BCUT2D eigenvalue weighted by Gasteiger charge is -2.62. The molecule has 16 nitrogen and oxygen atoms in total. The molecular formula is C72H138N6O10S2. The van der Waals surface area contributed by atoms with Gasteiger partial charge in [0, 0.05) is 12.1 Å². The van der Waals surface area contributed by atoms with Gasteiger partial charge in [0.05, 0.1) is 24.4 Å². The fourth-order valence-electron chi connectivity index (χ4n) is 22.1. The Bertz CT molecular complexity index is 2340. The van der Waals surface area contributed by atoms with Crippen LogP contribution in [-0.4, -0.2) is 125 Å². The van der Waals surface area contributed by atoms with Crippen molar-refractivity contribution in [3.8, 4) is 0 Å². The van der Waals surface area contributed by atoms with E-state index in [4.69, 9.17) is 19.8 Å². The van der Waals surface area contributed by atoms with Gasteiger partial charge < -0.3 is 42.9 Å². The third kappa shape index (κ3) is 19.8. The summed E-state index contributed by atoms with van der Waals surface area (Å²) in [4.78, 5) is 0. The van der Waals surface area contributed by atoms with Crippen LogP contribution in [0.5, 0.6) is 0 Å². The van der Waals surface area contributed by atoms with Gasteiger partial charge in [-0.3, -0.25) is 9.11 Å². The highest BCUT2D eigenvalue weighted by Gasteiger charge is 2.65. The fourth-order valence-corrected chi connectivity index (χ4v) is 23.4. The summed E-state index contributed by atoms with van der Waals surface area (Å²) in [7, 11) is -8.91. The molecule has 8 rings (SSSR count). The average Bonchev–Trinajstić information content (AvgIpc) is 1.32. The van der Waals surface area contributed by atoms with Crippen LogP contribution in [0.3, 0.4) is 0 Å². The van der Waals surface area contributed by atoms with Crippen LogP contribution in [0.25, 0.3) is 0 Å². The van der Waals surface area contributed by atoms with E-state index < -0.39 is 33.0 Å². The number of fused-ring (bicyclic) bond motifs is 10. The van der Waals surface area contributed by atoms with Gasteiger partial charge in [-0.15, -0.1) is 0 Å². The number of hydrogen-bond acceptors (Lipinski definition) is 14. The van der Waals surface area contributed by atoms with Gasteiger partial charge in [-0.25, -0.2) is 8.37 Å². The monoisotopic (exact) mass is 1310 g/mol. The molecule has 18 heteroatoms. The molecule has 0 radical (unpaired) electrons. The van der Waals surface area contributed by atoms with Crippen molar-refractivity contribution in [1.82, 2.24) is 21.3 Å². The van der Waals surface area contributed by atoms with E-state index in [2.05, 4.69) is 62.8 Å². The molecule has 0 aliphatic heterocycles. The first-order valence-corrected chi connectivity index (χ1v) is 40.3. The van der Waals surface area contributed by atoms with E-state index in [0.717, 1.165) is 97.3 Å². The summed E-state index contributed by atoms with van der Waals surface area (Å²) >= 11 is 0. The van der Waals surface area contributed by atoms with E-state index in [-0.39, 0.29) is 34.9 Å². The van der Waals surface area contributed by atoms with Crippen LogP contribution < -0.4 is 32.7 Å². The summed E-state index contributed by atoms with van der Waals surface area (Å²) in [6.45, 7) is 30.7. The lowest BCUT2D eigenvalue weighted by atomic mass is 9.43. The number of aliphatic hydroxyl groups excluding tert-OH is 2. The SMILES string of the molecule is CC(C)C(CC[C@@H](C)C1CCC2C3C(CC[C@@]21C)[C@@]1(C)CC[C@H](NCCCNCCCCCCCCN)C[C@@H]1C[C@H]3O)OS(=O)(=O)O.CC(C)C(CC[C@@H](C)C1CCC2C3C(CC[C@@]21C)[C@@]1(C)CC[C@H](NCCCNCCCCN)C[C@@H]1C[C@H]3O)OS(=O)(=O)O. The van der Waals surface area contributed by atoms with E-state index in [1.54, 1.807) is 0 Å². The third-order valence-electron chi connectivity index (χ3n) is 27.2. The van der Waals surface area contributed by atoms with E-state index in [1.165, 1.54) is 135 Å². The predicted octanol–water partition coefficient (Wildman–Crippen LogP) is 12.7. The molecule has 0 aromatic rings.